The Hall–Kier alpha value is -2.31. The van der Waals surface area contributed by atoms with Gasteiger partial charge in [-0.05, 0) is 26.0 Å². The molecule has 0 saturated carbocycles. The Morgan fingerprint density at radius 1 is 1.45 bits per heavy atom. The number of hydrogen-bond donors (Lipinski definition) is 2. The van der Waals surface area contributed by atoms with Gasteiger partial charge in [0.25, 0.3) is 5.91 Å². The van der Waals surface area contributed by atoms with Crippen molar-refractivity contribution in [1.29, 1.82) is 0 Å². The van der Waals surface area contributed by atoms with Gasteiger partial charge in [0.1, 0.15) is 6.04 Å². The highest BCUT2D eigenvalue weighted by atomic mass is 16.4. The van der Waals surface area contributed by atoms with E-state index in [-0.39, 0.29) is 24.6 Å². The molecule has 110 valence electrons. The third kappa shape index (κ3) is 4.42. The summed E-state index contributed by atoms with van der Waals surface area (Å²) < 4.78 is 4.93. The molecule has 0 fully saturated rings. The van der Waals surface area contributed by atoms with Crippen LogP contribution in [0.25, 0.3) is 0 Å². The normalized spacial score (nSPS) is 11.7. The molecule has 0 aliphatic heterocycles. The van der Waals surface area contributed by atoms with Crippen LogP contribution >= 0.6 is 0 Å². The Morgan fingerprint density at radius 3 is 2.65 bits per heavy atom. The quantitative estimate of drug-likeness (QED) is 0.767. The van der Waals surface area contributed by atoms with Gasteiger partial charge in [-0.15, -0.1) is 0 Å². The van der Waals surface area contributed by atoms with E-state index in [9.17, 15) is 14.4 Å². The van der Waals surface area contributed by atoms with Gasteiger partial charge in [0.15, 0.2) is 5.76 Å². The lowest BCUT2D eigenvalue weighted by Crippen LogP contribution is -2.47. The number of carbonyl (C=O) groups excluding carboxylic acids is 2. The molecule has 1 rings (SSSR count). The van der Waals surface area contributed by atoms with Gasteiger partial charge in [0.2, 0.25) is 5.91 Å². The van der Waals surface area contributed by atoms with Crippen LogP contribution in [-0.2, 0) is 9.59 Å². The molecule has 2 amide bonds. The molecular weight excluding hydrogens is 264 g/mol. The average Bonchev–Trinajstić information content (AvgIpc) is 2.92. The third-order valence-electron chi connectivity index (χ3n) is 2.75. The highest BCUT2D eigenvalue weighted by Gasteiger charge is 2.22. The minimum atomic E-state index is -0.969. The van der Waals surface area contributed by atoms with Gasteiger partial charge in [-0.1, -0.05) is 0 Å². The predicted molar refractivity (Wildman–Crippen MR) is 70.1 cm³/mol. The van der Waals surface area contributed by atoms with Crippen LogP contribution in [0.15, 0.2) is 22.8 Å². The van der Waals surface area contributed by atoms with Crippen molar-refractivity contribution in [1.82, 2.24) is 10.2 Å². The zero-order valence-corrected chi connectivity index (χ0v) is 11.5. The van der Waals surface area contributed by atoms with Gasteiger partial charge in [-0.25, -0.2) is 0 Å². The van der Waals surface area contributed by atoms with Crippen molar-refractivity contribution < 1.29 is 23.9 Å². The van der Waals surface area contributed by atoms with Crippen molar-refractivity contribution in [2.24, 2.45) is 0 Å². The lowest BCUT2D eigenvalue weighted by molar-refractivity contribution is -0.138. The maximum absolute atomic E-state index is 12.1. The molecular formula is C13H18N2O5. The van der Waals surface area contributed by atoms with E-state index in [1.54, 1.807) is 19.9 Å². The SMILES string of the molecule is CCN(CCC(=O)O)C(=O)C(C)NC(=O)c1ccco1. The molecule has 0 bridgehead atoms. The molecule has 0 aromatic carbocycles. The van der Waals surface area contributed by atoms with Crippen LogP contribution in [0.4, 0.5) is 0 Å². The van der Waals surface area contributed by atoms with Crippen molar-refractivity contribution in [3.63, 3.8) is 0 Å². The van der Waals surface area contributed by atoms with Gasteiger partial charge in [-0.3, -0.25) is 14.4 Å². The first-order valence-corrected chi connectivity index (χ1v) is 6.30. The summed E-state index contributed by atoms with van der Waals surface area (Å²) in [7, 11) is 0. The van der Waals surface area contributed by atoms with E-state index in [4.69, 9.17) is 9.52 Å². The van der Waals surface area contributed by atoms with Gasteiger partial charge in [-0.2, -0.15) is 0 Å². The van der Waals surface area contributed by atoms with Crippen molar-refractivity contribution in [2.75, 3.05) is 13.1 Å². The number of aliphatic carboxylic acids is 1. The number of hydrogen-bond acceptors (Lipinski definition) is 4. The van der Waals surface area contributed by atoms with Gasteiger partial charge < -0.3 is 19.7 Å². The first-order chi connectivity index (χ1) is 9.45. The average molecular weight is 282 g/mol. The van der Waals surface area contributed by atoms with Gasteiger partial charge >= 0.3 is 5.97 Å². The standard InChI is InChI=1S/C13H18N2O5/c1-3-15(7-6-11(16)17)13(19)9(2)14-12(18)10-5-4-8-20-10/h4-5,8-9H,3,6-7H2,1-2H3,(H,14,18)(H,16,17). The molecule has 20 heavy (non-hydrogen) atoms. The topological polar surface area (TPSA) is 99.9 Å². The molecule has 2 N–H and O–H groups in total. The Bertz CT molecular complexity index is 469. The Balaban J connectivity index is 2.56. The molecule has 7 nitrogen and oxygen atoms in total. The molecule has 0 spiro atoms. The maximum Gasteiger partial charge on any atom is 0.305 e. The number of nitrogens with one attached hydrogen (secondary N) is 1. The van der Waals surface area contributed by atoms with E-state index in [0.29, 0.717) is 6.54 Å². The second-order valence-electron chi connectivity index (χ2n) is 4.23. The molecule has 1 heterocycles. The lowest BCUT2D eigenvalue weighted by atomic mass is 10.2. The van der Waals surface area contributed by atoms with Crippen LogP contribution in [0.5, 0.6) is 0 Å². The number of carboxylic acid groups (broad SMARTS) is 1. The van der Waals surface area contributed by atoms with Crippen LogP contribution < -0.4 is 5.32 Å². The predicted octanol–water partition coefficient (Wildman–Crippen LogP) is 0.721. The van der Waals surface area contributed by atoms with Crippen LogP contribution in [0.1, 0.15) is 30.8 Å². The molecule has 7 heteroatoms. The first kappa shape index (κ1) is 15.7. The number of rotatable bonds is 7. The van der Waals surface area contributed by atoms with Crippen LogP contribution in [0.2, 0.25) is 0 Å². The second kappa shape index (κ2) is 7.32. The Kier molecular flexibility index (Phi) is 5.76. The van der Waals surface area contributed by atoms with Crippen LogP contribution in [0, 0.1) is 0 Å². The Labute approximate surface area is 116 Å². The van der Waals surface area contributed by atoms with Crippen molar-refractivity contribution in [2.45, 2.75) is 26.3 Å². The smallest absolute Gasteiger partial charge is 0.305 e. The van der Waals surface area contributed by atoms with Crippen LogP contribution in [0.3, 0.4) is 0 Å². The van der Waals surface area contributed by atoms with Crippen LogP contribution in [-0.4, -0.2) is 46.9 Å². The van der Waals surface area contributed by atoms with E-state index >= 15 is 0 Å². The monoisotopic (exact) mass is 282 g/mol. The minimum Gasteiger partial charge on any atom is -0.481 e. The van der Waals surface area contributed by atoms with Gasteiger partial charge in [0, 0.05) is 13.1 Å². The summed E-state index contributed by atoms with van der Waals surface area (Å²) in [5.41, 5.74) is 0. The number of amides is 2. The summed E-state index contributed by atoms with van der Waals surface area (Å²) in [4.78, 5) is 35.7. The molecule has 0 aliphatic rings. The summed E-state index contributed by atoms with van der Waals surface area (Å²) in [6.45, 7) is 3.80. The number of likely N-dealkylation sites (N-methyl/N-ethyl adjacent to an activating group) is 1. The minimum absolute atomic E-state index is 0.117. The summed E-state index contributed by atoms with van der Waals surface area (Å²) in [5, 5.41) is 11.1. The number of nitrogens with zero attached hydrogens (tertiary/aromatic N) is 1. The summed E-state index contributed by atoms with van der Waals surface area (Å²) in [6.07, 6.45) is 1.24. The highest BCUT2D eigenvalue weighted by molar-refractivity contribution is 5.95. The Morgan fingerprint density at radius 2 is 2.15 bits per heavy atom. The van der Waals surface area contributed by atoms with E-state index in [2.05, 4.69) is 5.32 Å². The second-order valence-corrected chi connectivity index (χ2v) is 4.23. The lowest BCUT2D eigenvalue weighted by Gasteiger charge is -2.24. The molecule has 1 aromatic rings. The molecule has 1 unspecified atom stereocenters. The fourth-order valence-electron chi connectivity index (χ4n) is 1.67. The fourth-order valence-corrected chi connectivity index (χ4v) is 1.67. The summed E-state index contributed by atoms with van der Waals surface area (Å²) in [6, 6.07) is 2.32. The number of carbonyl (C=O) groups is 3. The molecule has 0 saturated heterocycles. The van der Waals surface area contributed by atoms with E-state index in [1.165, 1.54) is 17.2 Å². The fraction of sp³-hybridized carbons (Fsp3) is 0.462. The van der Waals surface area contributed by atoms with Crippen molar-refractivity contribution in [3.05, 3.63) is 24.2 Å². The summed E-state index contributed by atoms with van der Waals surface area (Å²) >= 11 is 0. The third-order valence-corrected chi connectivity index (χ3v) is 2.75. The highest BCUT2D eigenvalue weighted by Crippen LogP contribution is 2.02. The zero-order chi connectivity index (χ0) is 15.1. The van der Waals surface area contributed by atoms with Crippen molar-refractivity contribution in [3.8, 4) is 0 Å². The van der Waals surface area contributed by atoms with E-state index in [0.717, 1.165) is 0 Å². The number of furan rings is 1. The number of carboxylic acids is 1. The molecule has 1 atom stereocenters. The van der Waals surface area contributed by atoms with E-state index in [1.807, 2.05) is 0 Å². The maximum atomic E-state index is 12.1. The van der Waals surface area contributed by atoms with Crippen molar-refractivity contribution >= 4 is 17.8 Å². The zero-order valence-electron chi connectivity index (χ0n) is 11.5. The first-order valence-electron chi connectivity index (χ1n) is 6.30. The van der Waals surface area contributed by atoms with Gasteiger partial charge in [0.05, 0.1) is 12.7 Å². The largest absolute Gasteiger partial charge is 0.481 e. The molecule has 1 aromatic heterocycles. The molecule has 0 aliphatic carbocycles. The van der Waals surface area contributed by atoms with E-state index < -0.39 is 17.9 Å². The molecule has 0 radical (unpaired) electrons. The summed E-state index contributed by atoms with van der Waals surface area (Å²) in [5.74, 6) is -1.65.